The molecular weight excluding hydrogens is 420 g/mol. The summed E-state index contributed by atoms with van der Waals surface area (Å²) in [5, 5.41) is 14.1. The number of anilines is 1. The van der Waals surface area contributed by atoms with E-state index >= 15 is 0 Å². The summed E-state index contributed by atoms with van der Waals surface area (Å²) in [7, 11) is 1.53. The van der Waals surface area contributed by atoms with E-state index in [4.69, 9.17) is 21.1 Å². The van der Waals surface area contributed by atoms with Gasteiger partial charge in [0, 0.05) is 28.9 Å². The van der Waals surface area contributed by atoms with Gasteiger partial charge in [0.05, 0.1) is 12.0 Å². The van der Waals surface area contributed by atoms with Crippen LogP contribution in [0.5, 0.6) is 11.5 Å². The van der Waals surface area contributed by atoms with Gasteiger partial charge in [-0.3, -0.25) is 14.9 Å². The predicted molar refractivity (Wildman–Crippen MR) is 120 cm³/mol. The second-order valence-corrected chi connectivity index (χ2v) is 6.89. The third kappa shape index (κ3) is 6.32. The van der Waals surface area contributed by atoms with Gasteiger partial charge in [0.1, 0.15) is 6.61 Å². The quantitative estimate of drug-likeness (QED) is 0.285. The Morgan fingerprint density at radius 2 is 1.87 bits per heavy atom. The van der Waals surface area contributed by atoms with Gasteiger partial charge in [0.2, 0.25) is 5.91 Å². The minimum absolute atomic E-state index is 0.0966. The number of rotatable bonds is 8. The van der Waals surface area contributed by atoms with Crippen molar-refractivity contribution in [2.24, 2.45) is 0 Å². The molecule has 0 aliphatic heterocycles. The lowest BCUT2D eigenvalue weighted by Gasteiger charge is -2.11. The van der Waals surface area contributed by atoms with Gasteiger partial charge >= 0.3 is 0 Å². The number of nitro groups is 1. The van der Waals surface area contributed by atoms with Crippen LogP contribution in [-0.4, -0.2) is 17.9 Å². The van der Waals surface area contributed by atoms with E-state index in [1.807, 2.05) is 12.1 Å². The number of benzene rings is 3. The largest absolute Gasteiger partial charge is 0.493 e. The highest BCUT2D eigenvalue weighted by atomic mass is 35.5. The summed E-state index contributed by atoms with van der Waals surface area (Å²) < 4.78 is 11.2. The van der Waals surface area contributed by atoms with Gasteiger partial charge in [0.25, 0.3) is 5.69 Å². The number of hydrogen-bond donors (Lipinski definition) is 1. The Balaban J connectivity index is 1.64. The lowest BCUT2D eigenvalue weighted by atomic mass is 10.2. The van der Waals surface area contributed by atoms with Crippen LogP contribution in [0.4, 0.5) is 11.4 Å². The minimum atomic E-state index is -0.520. The number of carbonyl (C=O) groups excluding carboxylic acids is 1. The molecule has 3 aromatic rings. The molecule has 31 heavy (non-hydrogen) atoms. The summed E-state index contributed by atoms with van der Waals surface area (Å²) in [5.41, 5.74) is 1.94. The lowest BCUT2D eigenvalue weighted by Crippen LogP contribution is -2.07. The lowest BCUT2D eigenvalue weighted by molar-refractivity contribution is -0.384. The van der Waals surface area contributed by atoms with E-state index in [9.17, 15) is 14.9 Å². The number of nitro benzene ring substituents is 1. The first-order chi connectivity index (χ1) is 14.9. The second kappa shape index (κ2) is 10.3. The highest BCUT2D eigenvalue weighted by Crippen LogP contribution is 2.29. The third-order valence-corrected chi connectivity index (χ3v) is 4.50. The molecule has 1 N–H and O–H groups in total. The fourth-order valence-electron chi connectivity index (χ4n) is 2.70. The van der Waals surface area contributed by atoms with Crippen LogP contribution in [0.25, 0.3) is 6.08 Å². The monoisotopic (exact) mass is 438 g/mol. The molecule has 0 aliphatic carbocycles. The second-order valence-electron chi connectivity index (χ2n) is 6.46. The molecule has 3 rings (SSSR count). The van der Waals surface area contributed by atoms with Gasteiger partial charge in [-0.1, -0.05) is 35.9 Å². The summed E-state index contributed by atoms with van der Waals surface area (Å²) in [4.78, 5) is 22.4. The van der Waals surface area contributed by atoms with Crippen LogP contribution in [0.1, 0.15) is 11.1 Å². The topological polar surface area (TPSA) is 90.7 Å². The summed E-state index contributed by atoms with van der Waals surface area (Å²) in [6.45, 7) is 0.355. The van der Waals surface area contributed by atoms with Crippen molar-refractivity contribution in [1.29, 1.82) is 0 Å². The van der Waals surface area contributed by atoms with Gasteiger partial charge in [-0.2, -0.15) is 0 Å². The SMILES string of the molecule is COc1cc(/C=C\C(=O)Nc2cccc([N+](=O)[O-])c2)ccc1OCc1ccc(Cl)cc1. The molecule has 0 unspecified atom stereocenters. The van der Waals surface area contributed by atoms with Crippen LogP contribution in [0.15, 0.2) is 72.8 Å². The van der Waals surface area contributed by atoms with Crippen LogP contribution in [0.3, 0.4) is 0 Å². The number of methoxy groups -OCH3 is 1. The number of ether oxygens (including phenoxy) is 2. The van der Waals surface area contributed by atoms with Gasteiger partial charge < -0.3 is 14.8 Å². The molecule has 0 radical (unpaired) electrons. The molecule has 0 aromatic heterocycles. The van der Waals surface area contributed by atoms with Crippen molar-refractivity contribution in [2.45, 2.75) is 6.61 Å². The van der Waals surface area contributed by atoms with Crippen molar-refractivity contribution in [2.75, 3.05) is 12.4 Å². The molecule has 0 spiro atoms. The first-order valence-electron chi connectivity index (χ1n) is 9.23. The van der Waals surface area contributed by atoms with E-state index < -0.39 is 10.8 Å². The zero-order valence-corrected chi connectivity index (χ0v) is 17.3. The van der Waals surface area contributed by atoms with E-state index in [-0.39, 0.29) is 5.69 Å². The number of nitrogens with zero attached hydrogens (tertiary/aromatic N) is 1. The fraction of sp³-hybridized carbons (Fsp3) is 0.0870. The summed E-state index contributed by atoms with van der Waals surface area (Å²) >= 11 is 5.89. The molecule has 158 valence electrons. The molecule has 0 bridgehead atoms. The van der Waals surface area contributed by atoms with Gasteiger partial charge in [-0.15, -0.1) is 0 Å². The molecule has 0 aliphatic rings. The highest BCUT2D eigenvalue weighted by molar-refractivity contribution is 6.30. The van der Waals surface area contributed by atoms with Crippen molar-refractivity contribution < 1.29 is 19.2 Å². The summed E-state index contributed by atoms with van der Waals surface area (Å²) in [6.07, 6.45) is 2.94. The molecule has 0 saturated heterocycles. The number of nitrogens with one attached hydrogen (secondary N) is 1. The number of hydrogen-bond acceptors (Lipinski definition) is 5. The number of amides is 1. The summed E-state index contributed by atoms with van der Waals surface area (Å²) in [5.74, 6) is 0.674. The maximum Gasteiger partial charge on any atom is 0.271 e. The molecule has 1 amide bonds. The molecule has 0 atom stereocenters. The van der Waals surface area contributed by atoms with Crippen molar-refractivity contribution in [1.82, 2.24) is 0 Å². The first-order valence-corrected chi connectivity index (χ1v) is 9.61. The standard InChI is InChI=1S/C23H19ClN2O5/c1-30-22-13-16(7-11-21(22)31-15-17-5-9-18(24)10-6-17)8-12-23(27)25-19-3-2-4-20(14-19)26(28)29/h2-14H,15H2,1H3,(H,25,27)/b12-8-. The van der Waals surface area contributed by atoms with Crippen molar-refractivity contribution in [3.63, 3.8) is 0 Å². The Morgan fingerprint density at radius 3 is 2.58 bits per heavy atom. The number of non-ortho nitro benzene ring substituents is 1. The number of halogens is 1. The van der Waals surface area contributed by atoms with Crippen LogP contribution >= 0.6 is 11.6 Å². The van der Waals surface area contributed by atoms with E-state index in [1.54, 1.807) is 42.5 Å². The Labute approximate surface area is 184 Å². The van der Waals surface area contributed by atoms with Gasteiger partial charge in [-0.25, -0.2) is 0 Å². The van der Waals surface area contributed by atoms with Crippen molar-refractivity contribution in [3.05, 3.63) is 99.1 Å². The molecule has 3 aromatic carbocycles. The zero-order chi connectivity index (χ0) is 22.2. The molecule has 0 heterocycles. The molecule has 8 heteroatoms. The van der Waals surface area contributed by atoms with Crippen LogP contribution < -0.4 is 14.8 Å². The smallest absolute Gasteiger partial charge is 0.271 e. The van der Waals surface area contributed by atoms with Crippen molar-refractivity contribution in [3.8, 4) is 11.5 Å². The van der Waals surface area contributed by atoms with Gasteiger partial charge in [0.15, 0.2) is 11.5 Å². The van der Waals surface area contributed by atoms with Gasteiger partial charge in [-0.05, 0) is 47.5 Å². The predicted octanol–water partition coefficient (Wildman–Crippen LogP) is 5.49. The molecule has 0 fully saturated rings. The maximum atomic E-state index is 12.1. The summed E-state index contributed by atoms with van der Waals surface area (Å²) in [6, 6.07) is 18.4. The minimum Gasteiger partial charge on any atom is -0.493 e. The molecule has 0 saturated carbocycles. The number of carbonyl (C=O) groups is 1. The fourth-order valence-corrected chi connectivity index (χ4v) is 2.83. The third-order valence-electron chi connectivity index (χ3n) is 4.25. The van der Waals surface area contributed by atoms with E-state index in [2.05, 4.69) is 5.32 Å². The van der Waals surface area contributed by atoms with Crippen LogP contribution in [0.2, 0.25) is 5.02 Å². The average molecular weight is 439 g/mol. The zero-order valence-electron chi connectivity index (χ0n) is 16.6. The maximum absolute atomic E-state index is 12.1. The van der Waals surface area contributed by atoms with Crippen LogP contribution in [-0.2, 0) is 11.4 Å². The first kappa shape index (κ1) is 21.9. The Kier molecular flexibility index (Phi) is 7.24. The normalized spacial score (nSPS) is 10.6. The van der Waals surface area contributed by atoms with E-state index in [0.717, 1.165) is 11.1 Å². The van der Waals surface area contributed by atoms with E-state index in [1.165, 1.54) is 31.4 Å². The Morgan fingerprint density at radius 1 is 1.10 bits per heavy atom. The molecular formula is C23H19ClN2O5. The average Bonchev–Trinajstić information content (AvgIpc) is 2.77. The molecule has 7 nitrogen and oxygen atoms in total. The van der Waals surface area contributed by atoms with Crippen LogP contribution in [0, 0.1) is 10.1 Å². The highest BCUT2D eigenvalue weighted by Gasteiger charge is 2.08. The van der Waals surface area contributed by atoms with E-state index in [0.29, 0.717) is 28.8 Å². The van der Waals surface area contributed by atoms with Crippen molar-refractivity contribution >= 4 is 35.0 Å². The Bertz CT molecular complexity index is 1110. The Hall–Kier alpha value is -3.84.